The van der Waals surface area contributed by atoms with Crippen molar-refractivity contribution in [3.05, 3.63) is 23.8 Å². The lowest BCUT2D eigenvalue weighted by molar-refractivity contribution is -0.0336. The third-order valence-corrected chi connectivity index (χ3v) is 4.57. The second kappa shape index (κ2) is 4.69. The van der Waals surface area contributed by atoms with E-state index in [0.29, 0.717) is 5.92 Å². The number of rotatable bonds is 1. The first-order valence-corrected chi connectivity index (χ1v) is 6.98. The van der Waals surface area contributed by atoms with Gasteiger partial charge in [0, 0.05) is 36.6 Å². The molecule has 4 nitrogen and oxygen atoms in total. The van der Waals surface area contributed by atoms with Gasteiger partial charge in [-0.3, -0.25) is 0 Å². The van der Waals surface area contributed by atoms with Gasteiger partial charge in [-0.15, -0.1) is 0 Å². The molecule has 0 aromatic heterocycles. The number of nitrogens with one attached hydrogen (secondary N) is 1. The Morgan fingerprint density at radius 3 is 3.05 bits per heavy atom. The van der Waals surface area contributed by atoms with Crippen molar-refractivity contribution in [2.45, 2.75) is 31.4 Å². The van der Waals surface area contributed by atoms with Gasteiger partial charge < -0.3 is 20.5 Å². The Morgan fingerprint density at radius 2 is 2.32 bits per heavy atom. The summed E-state index contributed by atoms with van der Waals surface area (Å²) in [7, 11) is 1.67. The molecule has 0 amide bonds. The molecule has 104 valence electrons. The highest BCUT2D eigenvalue weighted by Gasteiger charge is 2.45. The topological polar surface area (TPSA) is 56.5 Å². The molecule has 0 saturated carbocycles. The maximum atomic E-state index is 6.39. The quantitative estimate of drug-likeness (QED) is 0.811. The Labute approximate surface area is 114 Å². The molecule has 1 saturated heterocycles. The summed E-state index contributed by atoms with van der Waals surface area (Å²) in [5, 5.41) is 3.42. The molecule has 2 aliphatic rings. The van der Waals surface area contributed by atoms with E-state index in [1.165, 1.54) is 0 Å². The highest BCUT2D eigenvalue weighted by atomic mass is 16.5. The number of fused-ring (bicyclic) bond motifs is 1. The molecular weight excluding hydrogens is 240 g/mol. The van der Waals surface area contributed by atoms with Gasteiger partial charge in [0.2, 0.25) is 0 Å². The van der Waals surface area contributed by atoms with Crippen molar-refractivity contribution >= 4 is 0 Å². The van der Waals surface area contributed by atoms with Gasteiger partial charge in [0.05, 0.1) is 7.11 Å². The fourth-order valence-corrected chi connectivity index (χ4v) is 3.29. The lowest BCUT2D eigenvalue weighted by atomic mass is 9.75. The van der Waals surface area contributed by atoms with E-state index in [9.17, 15) is 0 Å². The standard InChI is InChI=1S/C15H22N2O2/c1-10-9-17-6-5-15(10)8-13(16)12-4-3-11(18-2)7-14(12)19-15/h3-4,7,10,13,17H,5-6,8-9,16H2,1-2H3. The van der Waals surface area contributed by atoms with Crippen molar-refractivity contribution in [1.82, 2.24) is 5.32 Å². The highest BCUT2D eigenvalue weighted by molar-refractivity contribution is 5.44. The lowest BCUT2D eigenvalue weighted by Gasteiger charge is -2.47. The minimum Gasteiger partial charge on any atom is -0.497 e. The van der Waals surface area contributed by atoms with Crippen LogP contribution in [0.5, 0.6) is 11.5 Å². The van der Waals surface area contributed by atoms with Crippen LogP contribution in [-0.2, 0) is 0 Å². The lowest BCUT2D eigenvalue weighted by Crippen LogP contribution is -2.55. The molecule has 1 aromatic carbocycles. The van der Waals surface area contributed by atoms with Crippen LogP contribution in [-0.4, -0.2) is 25.8 Å². The van der Waals surface area contributed by atoms with E-state index in [4.69, 9.17) is 15.2 Å². The summed E-state index contributed by atoms with van der Waals surface area (Å²) in [5.41, 5.74) is 7.34. The molecule has 19 heavy (non-hydrogen) atoms. The third kappa shape index (κ3) is 2.09. The van der Waals surface area contributed by atoms with Gasteiger partial charge in [-0.25, -0.2) is 0 Å². The van der Waals surface area contributed by atoms with Crippen molar-refractivity contribution in [2.24, 2.45) is 11.7 Å². The van der Waals surface area contributed by atoms with Crippen molar-refractivity contribution in [3.8, 4) is 11.5 Å². The summed E-state index contributed by atoms with van der Waals surface area (Å²) in [5.74, 6) is 2.18. The van der Waals surface area contributed by atoms with E-state index in [0.717, 1.165) is 43.0 Å². The number of ether oxygens (including phenoxy) is 2. The van der Waals surface area contributed by atoms with Crippen molar-refractivity contribution in [3.63, 3.8) is 0 Å². The molecule has 3 N–H and O–H groups in total. The van der Waals surface area contributed by atoms with Crippen LogP contribution in [0.2, 0.25) is 0 Å². The molecule has 3 unspecified atom stereocenters. The molecule has 0 radical (unpaired) electrons. The van der Waals surface area contributed by atoms with E-state index in [-0.39, 0.29) is 11.6 Å². The molecule has 0 aliphatic carbocycles. The van der Waals surface area contributed by atoms with E-state index in [2.05, 4.69) is 12.2 Å². The molecule has 0 bridgehead atoms. The summed E-state index contributed by atoms with van der Waals surface area (Å²) in [6.07, 6.45) is 1.91. The molecule has 2 aliphatic heterocycles. The number of hydrogen-bond acceptors (Lipinski definition) is 4. The first kappa shape index (κ1) is 12.8. The fourth-order valence-electron chi connectivity index (χ4n) is 3.29. The van der Waals surface area contributed by atoms with Gasteiger partial charge in [-0.05, 0) is 19.0 Å². The Balaban J connectivity index is 1.97. The van der Waals surface area contributed by atoms with Crippen molar-refractivity contribution in [2.75, 3.05) is 20.2 Å². The summed E-state index contributed by atoms with van der Waals surface area (Å²) < 4.78 is 11.7. The van der Waals surface area contributed by atoms with Crippen LogP contribution in [0.3, 0.4) is 0 Å². The average molecular weight is 262 g/mol. The summed E-state index contributed by atoms with van der Waals surface area (Å²) >= 11 is 0. The molecule has 3 rings (SSSR count). The zero-order chi connectivity index (χ0) is 13.5. The number of nitrogens with two attached hydrogens (primary N) is 1. The molecule has 1 spiro atoms. The Bertz CT molecular complexity index is 477. The number of hydrogen-bond donors (Lipinski definition) is 2. The Kier molecular flexibility index (Phi) is 3.15. The van der Waals surface area contributed by atoms with E-state index in [1.807, 2.05) is 18.2 Å². The van der Waals surface area contributed by atoms with E-state index >= 15 is 0 Å². The van der Waals surface area contributed by atoms with Crippen LogP contribution < -0.4 is 20.5 Å². The van der Waals surface area contributed by atoms with Gasteiger partial charge in [-0.1, -0.05) is 13.0 Å². The van der Waals surface area contributed by atoms with Crippen molar-refractivity contribution in [1.29, 1.82) is 0 Å². The van der Waals surface area contributed by atoms with Gasteiger partial charge >= 0.3 is 0 Å². The first-order valence-electron chi connectivity index (χ1n) is 6.98. The normalized spacial score (nSPS) is 33.6. The number of benzene rings is 1. The van der Waals surface area contributed by atoms with Gasteiger partial charge in [0.1, 0.15) is 17.1 Å². The second-order valence-electron chi connectivity index (χ2n) is 5.74. The van der Waals surface area contributed by atoms with Crippen LogP contribution in [0.15, 0.2) is 18.2 Å². The molecular formula is C15H22N2O2. The highest BCUT2D eigenvalue weighted by Crippen LogP contribution is 2.45. The maximum absolute atomic E-state index is 6.39. The molecule has 1 fully saturated rings. The van der Waals surface area contributed by atoms with Crippen LogP contribution in [0.1, 0.15) is 31.4 Å². The van der Waals surface area contributed by atoms with Gasteiger partial charge in [0.15, 0.2) is 0 Å². The van der Waals surface area contributed by atoms with Crippen molar-refractivity contribution < 1.29 is 9.47 Å². The van der Waals surface area contributed by atoms with Crippen LogP contribution in [0.4, 0.5) is 0 Å². The number of methoxy groups -OCH3 is 1. The summed E-state index contributed by atoms with van der Waals surface area (Å²) in [4.78, 5) is 0. The minimum absolute atomic E-state index is 0.0511. The summed E-state index contributed by atoms with van der Waals surface area (Å²) in [6.45, 7) is 4.23. The van der Waals surface area contributed by atoms with Crippen LogP contribution >= 0.6 is 0 Å². The Morgan fingerprint density at radius 1 is 1.47 bits per heavy atom. The predicted molar refractivity (Wildman–Crippen MR) is 74.5 cm³/mol. The average Bonchev–Trinajstić information content (AvgIpc) is 2.41. The zero-order valence-corrected chi connectivity index (χ0v) is 11.6. The Hall–Kier alpha value is -1.26. The molecule has 2 heterocycles. The van der Waals surface area contributed by atoms with Gasteiger partial charge in [0.25, 0.3) is 0 Å². The molecule has 3 atom stereocenters. The maximum Gasteiger partial charge on any atom is 0.128 e. The largest absolute Gasteiger partial charge is 0.497 e. The second-order valence-corrected chi connectivity index (χ2v) is 5.74. The van der Waals surface area contributed by atoms with E-state index in [1.54, 1.807) is 7.11 Å². The predicted octanol–water partition coefficient (Wildman–Crippen LogP) is 1.85. The third-order valence-electron chi connectivity index (χ3n) is 4.57. The number of piperidine rings is 1. The van der Waals surface area contributed by atoms with Crippen LogP contribution in [0.25, 0.3) is 0 Å². The van der Waals surface area contributed by atoms with Gasteiger partial charge in [-0.2, -0.15) is 0 Å². The summed E-state index contributed by atoms with van der Waals surface area (Å²) in [6, 6.07) is 5.99. The zero-order valence-electron chi connectivity index (χ0n) is 11.6. The fraction of sp³-hybridized carbons (Fsp3) is 0.600. The molecule has 1 aromatic rings. The minimum atomic E-state index is -0.121. The van der Waals surface area contributed by atoms with Crippen LogP contribution in [0, 0.1) is 5.92 Å². The van der Waals surface area contributed by atoms with E-state index < -0.39 is 0 Å². The molecule has 4 heteroatoms. The monoisotopic (exact) mass is 262 g/mol. The smallest absolute Gasteiger partial charge is 0.128 e. The first-order chi connectivity index (χ1) is 9.14. The SMILES string of the molecule is COc1ccc2c(c1)OC1(CCNCC1C)CC2N.